The zero-order chi connectivity index (χ0) is 8.97. The molecule has 0 spiro atoms. The van der Waals surface area contributed by atoms with Crippen molar-refractivity contribution in [2.24, 2.45) is 15.9 Å². The highest BCUT2D eigenvalue weighted by Crippen LogP contribution is 1.89. The maximum absolute atomic E-state index is 10.8. The van der Waals surface area contributed by atoms with Gasteiger partial charge in [-0.15, -0.1) is 0 Å². The molecule has 1 heterocycles. The summed E-state index contributed by atoms with van der Waals surface area (Å²) in [6.07, 6.45) is 1.60. The van der Waals surface area contributed by atoms with Crippen LogP contribution in [0.25, 0.3) is 0 Å². The molecule has 0 aromatic rings. The molecule has 3 N–H and O–H groups in total. The van der Waals surface area contributed by atoms with Crippen molar-refractivity contribution in [2.45, 2.75) is 6.92 Å². The first-order valence-corrected chi connectivity index (χ1v) is 3.62. The van der Waals surface area contributed by atoms with Crippen molar-refractivity contribution in [2.75, 3.05) is 13.1 Å². The summed E-state index contributed by atoms with van der Waals surface area (Å²) in [7, 11) is 0. The van der Waals surface area contributed by atoms with Crippen LogP contribution < -0.4 is 11.3 Å². The number of amides is 2. The van der Waals surface area contributed by atoms with Crippen molar-refractivity contribution in [3.8, 4) is 0 Å². The quantitative estimate of drug-likeness (QED) is 0.326. The van der Waals surface area contributed by atoms with E-state index >= 15 is 0 Å². The van der Waals surface area contributed by atoms with Crippen LogP contribution in [0.4, 0.5) is 4.79 Å². The predicted molar refractivity (Wildman–Crippen MR) is 45.9 cm³/mol. The molecule has 1 aliphatic rings. The van der Waals surface area contributed by atoms with Gasteiger partial charge in [0.15, 0.2) is 0 Å². The lowest BCUT2D eigenvalue weighted by Crippen LogP contribution is -2.50. The third-order valence-corrected chi connectivity index (χ3v) is 1.31. The van der Waals surface area contributed by atoms with Crippen molar-refractivity contribution >= 4 is 18.0 Å². The van der Waals surface area contributed by atoms with Crippen molar-refractivity contribution in [1.82, 2.24) is 10.4 Å². The van der Waals surface area contributed by atoms with Crippen LogP contribution >= 0.6 is 0 Å². The Morgan fingerprint density at radius 1 is 1.92 bits per heavy atom. The lowest BCUT2D eigenvalue weighted by molar-refractivity contribution is 0.203. The number of aliphatic imine (C=N–C) groups is 1. The van der Waals surface area contributed by atoms with E-state index in [0.29, 0.717) is 18.8 Å². The molecule has 12 heavy (non-hydrogen) atoms. The number of carbonyl (C=O) groups is 1. The smallest absolute Gasteiger partial charge is 0.291 e. The number of hydrazone groups is 1. The number of carbonyl (C=O) groups excluding carboxylic acids is 1. The summed E-state index contributed by atoms with van der Waals surface area (Å²) in [5.74, 6) is 5.32. The van der Waals surface area contributed by atoms with Crippen LogP contribution in [-0.2, 0) is 0 Å². The number of nitrogens with one attached hydrogen (secondary N) is 1. The fourth-order valence-electron chi connectivity index (χ4n) is 0.732. The normalized spacial score (nSPS) is 18.0. The fraction of sp³-hybridized carbons (Fsp3) is 0.500. The molecule has 6 nitrogen and oxygen atoms in total. The number of nitrogens with two attached hydrogens (primary N) is 1. The summed E-state index contributed by atoms with van der Waals surface area (Å²) in [5.41, 5.74) is 2.90. The zero-order valence-electron chi connectivity index (χ0n) is 6.82. The summed E-state index contributed by atoms with van der Waals surface area (Å²) in [4.78, 5) is 14.7. The molecule has 6 heteroatoms. The van der Waals surface area contributed by atoms with E-state index in [4.69, 9.17) is 5.84 Å². The molecule has 0 fully saturated rings. The monoisotopic (exact) mass is 169 g/mol. The summed E-state index contributed by atoms with van der Waals surface area (Å²) >= 11 is 0. The van der Waals surface area contributed by atoms with E-state index in [1.54, 1.807) is 6.21 Å². The molecule has 0 saturated carbocycles. The minimum Gasteiger partial charge on any atom is -0.291 e. The second-order valence-corrected chi connectivity index (χ2v) is 2.28. The molecule has 0 radical (unpaired) electrons. The number of nitrogens with zero attached hydrogens (tertiary/aromatic N) is 3. The third kappa shape index (κ3) is 2.03. The van der Waals surface area contributed by atoms with Crippen molar-refractivity contribution in [3.63, 3.8) is 0 Å². The molecule has 1 rings (SSSR count). The van der Waals surface area contributed by atoms with Crippen LogP contribution in [0.1, 0.15) is 6.92 Å². The van der Waals surface area contributed by atoms with Crippen LogP contribution in [0, 0.1) is 0 Å². The van der Waals surface area contributed by atoms with Crippen molar-refractivity contribution < 1.29 is 4.79 Å². The Morgan fingerprint density at radius 3 is 3.25 bits per heavy atom. The van der Waals surface area contributed by atoms with Gasteiger partial charge < -0.3 is 0 Å². The van der Waals surface area contributed by atoms with Gasteiger partial charge in [-0.25, -0.2) is 16.1 Å². The first-order chi connectivity index (χ1) is 5.74. The lowest BCUT2D eigenvalue weighted by Gasteiger charge is -2.19. The van der Waals surface area contributed by atoms with E-state index in [1.807, 2.05) is 6.92 Å². The average molecular weight is 169 g/mol. The topological polar surface area (TPSA) is 83.1 Å². The molecule has 0 bridgehead atoms. The van der Waals surface area contributed by atoms with E-state index in [-0.39, 0.29) is 0 Å². The Labute approximate surface area is 70.1 Å². The Kier molecular flexibility index (Phi) is 2.76. The third-order valence-electron chi connectivity index (χ3n) is 1.31. The molecular formula is C6H11N5O. The Balaban J connectivity index is 2.58. The standard InChI is InChI=1S/C6H11N5O/c1-2-8-3-5-4-11(7)6(12)10-9-5/h3H,2,4,7H2,1H3,(H,10,12)/b8-3+. The van der Waals surface area contributed by atoms with Gasteiger partial charge in [-0.1, -0.05) is 0 Å². The summed E-state index contributed by atoms with van der Waals surface area (Å²) in [5, 5.41) is 4.79. The maximum Gasteiger partial charge on any atom is 0.352 e. The SMILES string of the molecule is CC/N=C/C1=NNC(=O)N(N)C1. The van der Waals surface area contributed by atoms with Gasteiger partial charge in [-0.3, -0.25) is 10.0 Å². The second kappa shape index (κ2) is 3.82. The van der Waals surface area contributed by atoms with Crippen LogP contribution in [0.15, 0.2) is 10.1 Å². The number of hydrogen-bond donors (Lipinski definition) is 2. The van der Waals surface area contributed by atoms with Crippen LogP contribution in [0.3, 0.4) is 0 Å². The highest BCUT2D eigenvalue weighted by atomic mass is 16.2. The van der Waals surface area contributed by atoms with Crippen LogP contribution in [-0.4, -0.2) is 36.1 Å². The molecule has 0 saturated heterocycles. The average Bonchev–Trinajstić information content (AvgIpc) is 2.07. The van der Waals surface area contributed by atoms with Gasteiger partial charge in [0.05, 0.1) is 12.3 Å². The Bertz CT molecular complexity index is 234. The largest absolute Gasteiger partial charge is 0.352 e. The van der Waals surface area contributed by atoms with Gasteiger partial charge in [0, 0.05) is 12.8 Å². The first kappa shape index (κ1) is 8.66. The molecule has 0 aromatic carbocycles. The van der Waals surface area contributed by atoms with Gasteiger partial charge in [0.25, 0.3) is 0 Å². The minimum absolute atomic E-state index is 0.301. The van der Waals surface area contributed by atoms with E-state index in [0.717, 1.165) is 5.01 Å². The van der Waals surface area contributed by atoms with Gasteiger partial charge in [-0.05, 0) is 6.92 Å². The van der Waals surface area contributed by atoms with Gasteiger partial charge in [0.2, 0.25) is 0 Å². The molecule has 2 amide bonds. The Morgan fingerprint density at radius 2 is 2.67 bits per heavy atom. The van der Waals surface area contributed by atoms with Crippen molar-refractivity contribution in [1.29, 1.82) is 0 Å². The highest BCUT2D eigenvalue weighted by molar-refractivity contribution is 6.32. The van der Waals surface area contributed by atoms with E-state index in [1.165, 1.54) is 0 Å². The van der Waals surface area contributed by atoms with Crippen LogP contribution in [0.2, 0.25) is 0 Å². The molecule has 0 atom stereocenters. The van der Waals surface area contributed by atoms with E-state index < -0.39 is 6.03 Å². The summed E-state index contributed by atoms with van der Waals surface area (Å²) in [6.45, 7) is 2.91. The zero-order valence-corrected chi connectivity index (χ0v) is 6.82. The lowest BCUT2D eigenvalue weighted by atomic mass is 10.4. The molecule has 66 valence electrons. The van der Waals surface area contributed by atoms with Crippen LogP contribution in [0.5, 0.6) is 0 Å². The molecule has 0 aromatic heterocycles. The summed E-state index contributed by atoms with van der Waals surface area (Å²) < 4.78 is 0. The fourth-order valence-corrected chi connectivity index (χ4v) is 0.732. The maximum atomic E-state index is 10.8. The second-order valence-electron chi connectivity index (χ2n) is 2.28. The number of rotatable bonds is 2. The number of hydrogen-bond acceptors (Lipinski definition) is 4. The van der Waals surface area contributed by atoms with E-state index in [2.05, 4.69) is 15.5 Å². The molecule has 0 aliphatic carbocycles. The molecule has 0 unspecified atom stereocenters. The minimum atomic E-state index is -0.399. The predicted octanol–water partition coefficient (Wildman–Crippen LogP) is -0.668. The molecular weight excluding hydrogens is 158 g/mol. The van der Waals surface area contributed by atoms with Gasteiger partial charge >= 0.3 is 6.03 Å². The Hall–Kier alpha value is -1.43. The van der Waals surface area contributed by atoms with E-state index in [9.17, 15) is 4.79 Å². The number of urea groups is 1. The highest BCUT2D eigenvalue weighted by Gasteiger charge is 2.15. The first-order valence-electron chi connectivity index (χ1n) is 3.62. The van der Waals surface area contributed by atoms with Crippen molar-refractivity contribution in [3.05, 3.63) is 0 Å². The number of hydrazine groups is 1. The van der Waals surface area contributed by atoms with Gasteiger partial charge in [-0.2, -0.15) is 5.10 Å². The summed E-state index contributed by atoms with van der Waals surface area (Å²) in [6, 6.07) is -0.399. The molecule has 1 aliphatic heterocycles. The van der Waals surface area contributed by atoms with Gasteiger partial charge in [0.1, 0.15) is 0 Å².